The molecule has 1 aliphatic carbocycles. The minimum atomic E-state index is 0.286. The minimum Gasteiger partial charge on any atom is -0.424 e. The zero-order valence-electron chi connectivity index (χ0n) is 14.6. The van der Waals surface area contributed by atoms with Gasteiger partial charge in [0.05, 0.1) is 6.54 Å². The van der Waals surface area contributed by atoms with Crippen LogP contribution in [0.15, 0.2) is 28.7 Å². The summed E-state index contributed by atoms with van der Waals surface area (Å²) in [5.41, 5.74) is 2.75. The van der Waals surface area contributed by atoms with Crippen molar-refractivity contribution in [3.63, 3.8) is 0 Å². The van der Waals surface area contributed by atoms with Crippen molar-refractivity contribution in [1.82, 2.24) is 15.1 Å². The summed E-state index contributed by atoms with van der Waals surface area (Å²) in [5.74, 6) is 2.34. The summed E-state index contributed by atoms with van der Waals surface area (Å²) in [5, 5.41) is 8.35. The van der Waals surface area contributed by atoms with Gasteiger partial charge in [-0.3, -0.25) is 4.90 Å². The SMILES string of the molecule is CC(C)c1ccc(CN(Cc2nnc(C(C)C)o2)C2CC2)cc1. The molecule has 0 bridgehead atoms. The van der Waals surface area contributed by atoms with Gasteiger partial charge in [0.15, 0.2) is 0 Å². The molecule has 0 radical (unpaired) electrons. The average molecular weight is 313 g/mol. The van der Waals surface area contributed by atoms with Crippen LogP contribution >= 0.6 is 0 Å². The van der Waals surface area contributed by atoms with E-state index in [1.54, 1.807) is 0 Å². The molecular formula is C19H27N3O. The predicted octanol–water partition coefficient (Wildman–Crippen LogP) is 4.48. The molecular weight excluding hydrogens is 286 g/mol. The van der Waals surface area contributed by atoms with Gasteiger partial charge in [0.2, 0.25) is 11.8 Å². The van der Waals surface area contributed by atoms with Gasteiger partial charge in [-0.15, -0.1) is 10.2 Å². The first kappa shape index (κ1) is 16.2. The number of benzene rings is 1. The maximum atomic E-state index is 5.78. The topological polar surface area (TPSA) is 42.2 Å². The Morgan fingerprint density at radius 1 is 1.00 bits per heavy atom. The van der Waals surface area contributed by atoms with Gasteiger partial charge in [-0.05, 0) is 29.9 Å². The van der Waals surface area contributed by atoms with E-state index >= 15 is 0 Å². The molecule has 4 heteroatoms. The standard InChI is InChI=1S/C19H27N3O/c1-13(2)16-7-5-15(6-8-16)11-22(17-9-10-17)12-18-20-21-19(23-18)14(3)4/h5-8,13-14,17H,9-12H2,1-4H3. The van der Waals surface area contributed by atoms with Gasteiger partial charge in [-0.2, -0.15) is 0 Å². The minimum absolute atomic E-state index is 0.286. The van der Waals surface area contributed by atoms with Gasteiger partial charge in [-0.25, -0.2) is 0 Å². The monoisotopic (exact) mass is 313 g/mol. The Morgan fingerprint density at radius 2 is 1.70 bits per heavy atom. The van der Waals surface area contributed by atoms with Crippen LogP contribution in [0.2, 0.25) is 0 Å². The van der Waals surface area contributed by atoms with Crippen LogP contribution in [0.25, 0.3) is 0 Å². The number of hydrogen-bond acceptors (Lipinski definition) is 4. The third kappa shape index (κ3) is 4.20. The first-order valence-electron chi connectivity index (χ1n) is 8.68. The second kappa shape index (κ2) is 6.83. The molecule has 1 saturated carbocycles. The summed E-state index contributed by atoms with van der Waals surface area (Å²) >= 11 is 0. The van der Waals surface area contributed by atoms with Crippen LogP contribution < -0.4 is 0 Å². The summed E-state index contributed by atoms with van der Waals surface area (Å²) in [6.45, 7) is 10.3. The van der Waals surface area contributed by atoms with Crippen molar-refractivity contribution >= 4 is 0 Å². The van der Waals surface area contributed by atoms with E-state index in [0.29, 0.717) is 12.0 Å². The Bertz CT molecular complexity index is 626. The first-order chi connectivity index (χ1) is 11.0. The number of rotatable bonds is 7. The fraction of sp³-hybridized carbons (Fsp3) is 0.579. The van der Waals surface area contributed by atoms with Crippen molar-refractivity contribution in [3.8, 4) is 0 Å². The quantitative estimate of drug-likeness (QED) is 0.756. The zero-order valence-corrected chi connectivity index (χ0v) is 14.6. The number of hydrogen-bond donors (Lipinski definition) is 0. The molecule has 1 fully saturated rings. The van der Waals surface area contributed by atoms with Gasteiger partial charge in [-0.1, -0.05) is 52.0 Å². The van der Waals surface area contributed by atoms with E-state index in [1.807, 2.05) is 0 Å². The van der Waals surface area contributed by atoms with E-state index in [4.69, 9.17) is 4.42 Å². The van der Waals surface area contributed by atoms with Crippen LogP contribution in [0, 0.1) is 0 Å². The predicted molar refractivity (Wildman–Crippen MR) is 91.2 cm³/mol. The molecule has 1 aliphatic rings. The molecule has 1 aromatic carbocycles. The van der Waals surface area contributed by atoms with Crippen LogP contribution in [0.4, 0.5) is 0 Å². The van der Waals surface area contributed by atoms with Crippen molar-refractivity contribution in [2.45, 2.75) is 71.5 Å². The van der Waals surface area contributed by atoms with E-state index in [-0.39, 0.29) is 5.92 Å². The van der Waals surface area contributed by atoms with Crippen molar-refractivity contribution < 1.29 is 4.42 Å². The molecule has 2 aromatic rings. The highest BCUT2D eigenvalue weighted by Crippen LogP contribution is 2.30. The molecule has 0 atom stereocenters. The normalized spacial score (nSPS) is 15.1. The summed E-state index contributed by atoms with van der Waals surface area (Å²) in [6.07, 6.45) is 2.55. The van der Waals surface area contributed by atoms with Crippen LogP contribution in [-0.2, 0) is 13.1 Å². The van der Waals surface area contributed by atoms with Gasteiger partial charge >= 0.3 is 0 Å². The number of aromatic nitrogens is 2. The Balaban J connectivity index is 1.66. The van der Waals surface area contributed by atoms with E-state index < -0.39 is 0 Å². The highest BCUT2D eigenvalue weighted by atomic mass is 16.4. The Labute approximate surface area is 138 Å². The Kier molecular flexibility index (Phi) is 4.81. The molecule has 1 aromatic heterocycles. The molecule has 124 valence electrons. The number of nitrogens with zero attached hydrogens (tertiary/aromatic N) is 3. The summed E-state index contributed by atoms with van der Waals surface area (Å²) in [6, 6.07) is 9.65. The maximum absolute atomic E-state index is 5.78. The summed E-state index contributed by atoms with van der Waals surface area (Å²) < 4.78 is 5.78. The fourth-order valence-corrected chi connectivity index (χ4v) is 2.73. The van der Waals surface area contributed by atoms with E-state index in [9.17, 15) is 0 Å². The largest absolute Gasteiger partial charge is 0.424 e. The third-order valence-corrected chi connectivity index (χ3v) is 4.41. The average Bonchev–Trinajstić information content (AvgIpc) is 3.26. The molecule has 3 rings (SSSR count). The van der Waals surface area contributed by atoms with E-state index in [2.05, 4.69) is 67.1 Å². The molecule has 0 unspecified atom stereocenters. The Morgan fingerprint density at radius 3 is 2.22 bits per heavy atom. The lowest BCUT2D eigenvalue weighted by Gasteiger charge is -2.20. The fourth-order valence-electron chi connectivity index (χ4n) is 2.73. The van der Waals surface area contributed by atoms with Crippen LogP contribution in [0.1, 0.15) is 75.3 Å². The Hall–Kier alpha value is -1.68. The molecule has 0 N–H and O–H groups in total. The van der Waals surface area contributed by atoms with Crippen molar-refractivity contribution in [1.29, 1.82) is 0 Å². The molecule has 0 aliphatic heterocycles. The smallest absolute Gasteiger partial charge is 0.230 e. The lowest BCUT2D eigenvalue weighted by molar-refractivity contribution is 0.218. The van der Waals surface area contributed by atoms with Crippen molar-refractivity contribution in [2.24, 2.45) is 0 Å². The second-order valence-corrected chi connectivity index (χ2v) is 7.22. The van der Waals surface area contributed by atoms with Gasteiger partial charge < -0.3 is 4.42 Å². The lowest BCUT2D eigenvalue weighted by Crippen LogP contribution is -2.25. The molecule has 0 saturated heterocycles. The molecule has 4 nitrogen and oxygen atoms in total. The third-order valence-electron chi connectivity index (χ3n) is 4.41. The van der Waals surface area contributed by atoms with Crippen molar-refractivity contribution in [3.05, 3.63) is 47.2 Å². The lowest BCUT2D eigenvalue weighted by atomic mass is 10.0. The molecule has 0 spiro atoms. The van der Waals surface area contributed by atoms with Crippen molar-refractivity contribution in [2.75, 3.05) is 0 Å². The zero-order chi connectivity index (χ0) is 16.4. The van der Waals surface area contributed by atoms with Gasteiger partial charge in [0, 0.05) is 18.5 Å². The van der Waals surface area contributed by atoms with Gasteiger partial charge in [0.25, 0.3) is 0 Å². The van der Waals surface area contributed by atoms with Crippen LogP contribution in [0.5, 0.6) is 0 Å². The summed E-state index contributed by atoms with van der Waals surface area (Å²) in [7, 11) is 0. The molecule has 0 amide bonds. The van der Waals surface area contributed by atoms with Crippen LogP contribution in [0.3, 0.4) is 0 Å². The maximum Gasteiger partial charge on any atom is 0.230 e. The molecule has 23 heavy (non-hydrogen) atoms. The highest BCUT2D eigenvalue weighted by molar-refractivity contribution is 5.24. The summed E-state index contributed by atoms with van der Waals surface area (Å²) in [4.78, 5) is 2.46. The first-order valence-corrected chi connectivity index (χ1v) is 8.68. The van der Waals surface area contributed by atoms with E-state index in [0.717, 1.165) is 24.9 Å². The van der Waals surface area contributed by atoms with E-state index in [1.165, 1.54) is 24.0 Å². The highest BCUT2D eigenvalue weighted by Gasteiger charge is 2.30. The van der Waals surface area contributed by atoms with Crippen LogP contribution in [-0.4, -0.2) is 21.1 Å². The second-order valence-electron chi connectivity index (χ2n) is 7.22. The molecule has 1 heterocycles. The van der Waals surface area contributed by atoms with Gasteiger partial charge in [0.1, 0.15) is 0 Å².